The van der Waals surface area contributed by atoms with Crippen LogP contribution in [-0.2, 0) is 9.53 Å². The van der Waals surface area contributed by atoms with Crippen molar-refractivity contribution in [2.45, 2.75) is 26.2 Å². The van der Waals surface area contributed by atoms with Gasteiger partial charge in [0.25, 0.3) is 0 Å². The van der Waals surface area contributed by atoms with Gasteiger partial charge in [0.1, 0.15) is 12.1 Å². The Kier molecular flexibility index (Phi) is 2.73. The average molecular weight is 178 g/mol. The maximum atomic E-state index is 11.1. The Morgan fingerprint density at radius 2 is 2.36 bits per heavy atom. The van der Waals surface area contributed by atoms with Gasteiger partial charge in [-0.05, 0) is 13.8 Å². The van der Waals surface area contributed by atoms with Crippen LogP contribution in [0.5, 0.6) is 0 Å². The second-order valence-corrected chi connectivity index (χ2v) is 2.99. The molecular formula is C7H12ClNO2. The van der Waals surface area contributed by atoms with E-state index in [9.17, 15) is 4.79 Å². The second kappa shape index (κ2) is 3.41. The minimum Gasteiger partial charge on any atom is -0.354 e. The van der Waals surface area contributed by atoms with Gasteiger partial charge in [0.05, 0.1) is 6.10 Å². The van der Waals surface area contributed by atoms with Gasteiger partial charge < -0.3 is 9.64 Å². The number of amides is 1. The van der Waals surface area contributed by atoms with Crippen molar-refractivity contribution in [1.29, 1.82) is 0 Å². The number of carbonyl (C=O) groups is 1. The molecule has 11 heavy (non-hydrogen) atoms. The summed E-state index contributed by atoms with van der Waals surface area (Å²) >= 11 is 5.40. The first-order valence-corrected chi connectivity index (χ1v) is 4.19. The molecular weight excluding hydrogens is 166 g/mol. The number of nitrogens with zero attached hydrogens (tertiary/aromatic N) is 1. The van der Waals surface area contributed by atoms with Crippen molar-refractivity contribution in [3.8, 4) is 0 Å². The minimum absolute atomic E-state index is 0.0421. The van der Waals surface area contributed by atoms with Gasteiger partial charge in [0.15, 0.2) is 0 Å². The van der Waals surface area contributed by atoms with Crippen LogP contribution < -0.4 is 0 Å². The molecule has 0 radical (unpaired) electrons. The van der Waals surface area contributed by atoms with Crippen LogP contribution in [0, 0.1) is 0 Å². The summed E-state index contributed by atoms with van der Waals surface area (Å²) in [6, 6.07) is 0. The van der Waals surface area contributed by atoms with Crippen molar-refractivity contribution in [2.75, 3.05) is 12.4 Å². The number of carbonyl (C=O) groups excluding carboxylic acids is 1. The molecule has 2 unspecified atom stereocenters. The summed E-state index contributed by atoms with van der Waals surface area (Å²) in [6.45, 7) is 4.46. The van der Waals surface area contributed by atoms with E-state index in [0.29, 0.717) is 6.54 Å². The molecule has 64 valence electrons. The fourth-order valence-electron chi connectivity index (χ4n) is 1.26. The second-order valence-electron chi connectivity index (χ2n) is 2.73. The summed E-state index contributed by atoms with van der Waals surface area (Å²) in [5.74, 6) is -0.0102. The van der Waals surface area contributed by atoms with Crippen molar-refractivity contribution in [3.63, 3.8) is 0 Å². The standard InChI is InChI=1S/C7H12ClNO2/c1-5-4-9(6(2)11-5)7(10)3-8/h5-6H,3-4H2,1-2H3. The number of ether oxygens (including phenoxy) is 1. The zero-order chi connectivity index (χ0) is 8.43. The van der Waals surface area contributed by atoms with Crippen LogP contribution in [0.2, 0.25) is 0 Å². The van der Waals surface area contributed by atoms with Crippen LogP contribution >= 0.6 is 11.6 Å². The largest absolute Gasteiger partial charge is 0.354 e. The fourth-order valence-corrected chi connectivity index (χ4v) is 1.41. The van der Waals surface area contributed by atoms with Crippen molar-refractivity contribution >= 4 is 17.5 Å². The molecule has 0 aromatic heterocycles. The van der Waals surface area contributed by atoms with Crippen molar-refractivity contribution in [3.05, 3.63) is 0 Å². The molecule has 1 saturated heterocycles. The maximum Gasteiger partial charge on any atom is 0.239 e. The normalized spacial score (nSPS) is 31.0. The summed E-state index contributed by atoms with van der Waals surface area (Å²) < 4.78 is 5.34. The molecule has 1 amide bonds. The fraction of sp³-hybridized carbons (Fsp3) is 0.857. The summed E-state index contributed by atoms with van der Waals surface area (Å²) in [5, 5.41) is 0. The molecule has 0 saturated carbocycles. The zero-order valence-corrected chi connectivity index (χ0v) is 7.47. The summed E-state index contributed by atoms with van der Waals surface area (Å²) in [7, 11) is 0. The molecule has 1 heterocycles. The van der Waals surface area contributed by atoms with E-state index in [-0.39, 0.29) is 24.1 Å². The lowest BCUT2D eigenvalue weighted by Gasteiger charge is -2.17. The van der Waals surface area contributed by atoms with E-state index >= 15 is 0 Å². The Morgan fingerprint density at radius 3 is 2.73 bits per heavy atom. The van der Waals surface area contributed by atoms with E-state index in [0.717, 1.165) is 0 Å². The van der Waals surface area contributed by atoms with Crippen LogP contribution in [0.4, 0.5) is 0 Å². The van der Waals surface area contributed by atoms with Crippen molar-refractivity contribution in [1.82, 2.24) is 4.90 Å². The Hall–Kier alpha value is -0.280. The highest BCUT2D eigenvalue weighted by Crippen LogP contribution is 2.15. The van der Waals surface area contributed by atoms with E-state index in [1.165, 1.54) is 0 Å². The molecule has 0 aliphatic carbocycles. The van der Waals surface area contributed by atoms with Crippen LogP contribution in [0.25, 0.3) is 0 Å². The molecule has 1 fully saturated rings. The predicted molar refractivity (Wildman–Crippen MR) is 42.4 cm³/mol. The Morgan fingerprint density at radius 1 is 1.73 bits per heavy atom. The highest BCUT2D eigenvalue weighted by atomic mass is 35.5. The molecule has 1 aliphatic rings. The lowest BCUT2D eigenvalue weighted by molar-refractivity contribution is -0.132. The highest BCUT2D eigenvalue weighted by Gasteiger charge is 2.29. The lowest BCUT2D eigenvalue weighted by Crippen LogP contribution is -2.35. The molecule has 0 aromatic rings. The Bertz CT molecular complexity index is 163. The van der Waals surface area contributed by atoms with Gasteiger partial charge in [0.2, 0.25) is 5.91 Å². The molecule has 1 rings (SSSR count). The van der Waals surface area contributed by atoms with E-state index in [4.69, 9.17) is 16.3 Å². The number of alkyl halides is 1. The molecule has 4 heteroatoms. The summed E-state index contributed by atoms with van der Waals surface area (Å²) in [5.41, 5.74) is 0. The van der Waals surface area contributed by atoms with E-state index in [1.54, 1.807) is 4.90 Å². The summed E-state index contributed by atoms with van der Waals surface area (Å²) in [4.78, 5) is 12.7. The molecule has 1 aliphatic heterocycles. The Labute approximate surface area is 71.3 Å². The smallest absolute Gasteiger partial charge is 0.239 e. The number of halogens is 1. The van der Waals surface area contributed by atoms with Gasteiger partial charge in [-0.3, -0.25) is 4.79 Å². The molecule has 0 spiro atoms. The van der Waals surface area contributed by atoms with Gasteiger partial charge in [-0.2, -0.15) is 0 Å². The van der Waals surface area contributed by atoms with Gasteiger partial charge in [0, 0.05) is 6.54 Å². The summed E-state index contributed by atoms with van der Waals surface area (Å²) in [6.07, 6.45) is 0.0217. The van der Waals surface area contributed by atoms with Gasteiger partial charge >= 0.3 is 0 Å². The SMILES string of the molecule is CC1CN(C(=O)CCl)C(C)O1. The molecule has 0 aromatic carbocycles. The number of hydrogen-bond acceptors (Lipinski definition) is 2. The van der Waals surface area contributed by atoms with Crippen LogP contribution in [-0.4, -0.2) is 35.6 Å². The van der Waals surface area contributed by atoms with Gasteiger partial charge in [-0.1, -0.05) is 0 Å². The van der Waals surface area contributed by atoms with Crippen molar-refractivity contribution < 1.29 is 9.53 Å². The van der Waals surface area contributed by atoms with E-state index in [2.05, 4.69) is 0 Å². The van der Waals surface area contributed by atoms with Crippen LogP contribution in [0.15, 0.2) is 0 Å². The predicted octanol–water partition coefficient (Wildman–Crippen LogP) is 0.818. The third-order valence-electron chi connectivity index (χ3n) is 1.76. The quantitative estimate of drug-likeness (QED) is 0.555. The molecule has 2 atom stereocenters. The first kappa shape index (κ1) is 8.81. The van der Waals surface area contributed by atoms with Crippen molar-refractivity contribution in [2.24, 2.45) is 0 Å². The number of hydrogen-bond donors (Lipinski definition) is 0. The monoisotopic (exact) mass is 177 g/mol. The topological polar surface area (TPSA) is 29.5 Å². The average Bonchev–Trinajstić information content (AvgIpc) is 2.28. The Balaban J connectivity index is 2.52. The molecule has 3 nitrogen and oxygen atoms in total. The van der Waals surface area contributed by atoms with Gasteiger partial charge in [-0.25, -0.2) is 0 Å². The van der Waals surface area contributed by atoms with Crippen LogP contribution in [0.1, 0.15) is 13.8 Å². The lowest BCUT2D eigenvalue weighted by atomic mass is 10.4. The molecule has 0 N–H and O–H groups in total. The third-order valence-corrected chi connectivity index (χ3v) is 1.99. The zero-order valence-electron chi connectivity index (χ0n) is 6.71. The van der Waals surface area contributed by atoms with Crippen LogP contribution in [0.3, 0.4) is 0 Å². The van der Waals surface area contributed by atoms with E-state index in [1.807, 2.05) is 13.8 Å². The minimum atomic E-state index is -0.115. The third kappa shape index (κ3) is 1.84. The number of rotatable bonds is 1. The first-order chi connectivity index (χ1) is 5.15. The molecule has 0 bridgehead atoms. The van der Waals surface area contributed by atoms with Gasteiger partial charge in [-0.15, -0.1) is 11.6 Å². The first-order valence-electron chi connectivity index (χ1n) is 3.66. The maximum absolute atomic E-state index is 11.1. The highest BCUT2D eigenvalue weighted by molar-refractivity contribution is 6.27. The van der Waals surface area contributed by atoms with E-state index < -0.39 is 0 Å².